The summed E-state index contributed by atoms with van der Waals surface area (Å²) in [6, 6.07) is 7.16. The summed E-state index contributed by atoms with van der Waals surface area (Å²) in [4.78, 5) is 21.9. The molecule has 0 heterocycles. The molecule has 1 aromatic carbocycles. The standard InChI is InChI=1S/C13H17NO4/c1-9(14-12(15)7-8-13(16)17)10-5-3-4-6-11(10)18-2/h3-6,9H,7-8H2,1-2H3,(H,14,15)(H,16,17). The lowest BCUT2D eigenvalue weighted by atomic mass is 10.1. The highest BCUT2D eigenvalue weighted by Crippen LogP contribution is 2.24. The molecule has 0 aliphatic heterocycles. The number of nitrogens with one attached hydrogen (secondary N) is 1. The van der Waals surface area contributed by atoms with Gasteiger partial charge in [0.1, 0.15) is 5.75 Å². The molecule has 0 fully saturated rings. The molecule has 0 saturated heterocycles. The van der Waals surface area contributed by atoms with Crippen molar-refractivity contribution in [1.29, 1.82) is 0 Å². The van der Waals surface area contributed by atoms with E-state index in [9.17, 15) is 9.59 Å². The molecule has 0 aromatic heterocycles. The first-order valence-electron chi connectivity index (χ1n) is 5.68. The van der Waals surface area contributed by atoms with Crippen molar-refractivity contribution in [1.82, 2.24) is 5.32 Å². The number of rotatable bonds is 6. The Morgan fingerprint density at radius 3 is 2.61 bits per heavy atom. The van der Waals surface area contributed by atoms with Crippen LogP contribution in [0.3, 0.4) is 0 Å². The first-order chi connectivity index (χ1) is 8.54. The van der Waals surface area contributed by atoms with Gasteiger partial charge < -0.3 is 15.2 Å². The van der Waals surface area contributed by atoms with Crippen LogP contribution >= 0.6 is 0 Å². The summed E-state index contributed by atoms with van der Waals surface area (Å²) < 4.78 is 5.20. The van der Waals surface area contributed by atoms with Gasteiger partial charge in [0.15, 0.2) is 0 Å². The van der Waals surface area contributed by atoms with Gasteiger partial charge in [-0.25, -0.2) is 0 Å². The summed E-state index contributed by atoms with van der Waals surface area (Å²) in [7, 11) is 1.57. The van der Waals surface area contributed by atoms with E-state index in [4.69, 9.17) is 9.84 Å². The number of aliphatic carboxylic acids is 1. The molecule has 0 aliphatic carbocycles. The number of carboxylic acid groups (broad SMARTS) is 1. The van der Waals surface area contributed by atoms with Crippen LogP contribution in [-0.2, 0) is 9.59 Å². The zero-order valence-corrected chi connectivity index (χ0v) is 10.5. The minimum atomic E-state index is -0.977. The van der Waals surface area contributed by atoms with Crippen molar-refractivity contribution in [2.45, 2.75) is 25.8 Å². The van der Waals surface area contributed by atoms with Crippen LogP contribution in [0, 0.1) is 0 Å². The molecule has 18 heavy (non-hydrogen) atoms. The molecule has 2 N–H and O–H groups in total. The summed E-state index contributed by atoms with van der Waals surface area (Å²) in [5.74, 6) is -0.561. The van der Waals surface area contributed by atoms with Crippen LogP contribution in [0.1, 0.15) is 31.4 Å². The number of para-hydroxylation sites is 1. The molecule has 98 valence electrons. The van der Waals surface area contributed by atoms with Crippen molar-refractivity contribution in [3.63, 3.8) is 0 Å². The average Bonchev–Trinajstić information content (AvgIpc) is 2.36. The van der Waals surface area contributed by atoms with E-state index in [0.717, 1.165) is 5.56 Å². The van der Waals surface area contributed by atoms with Crippen LogP contribution in [-0.4, -0.2) is 24.1 Å². The van der Waals surface area contributed by atoms with Crippen LogP contribution in [0.25, 0.3) is 0 Å². The normalized spacial score (nSPS) is 11.7. The summed E-state index contributed by atoms with van der Waals surface area (Å²) in [5, 5.41) is 11.2. The lowest BCUT2D eigenvalue weighted by Crippen LogP contribution is -2.27. The van der Waals surface area contributed by atoms with E-state index >= 15 is 0 Å². The fourth-order valence-corrected chi connectivity index (χ4v) is 1.64. The second kappa shape index (κ2) is 6.64. The van der Waals surface area contributed by atoms with Crippen molar-refractivity contribution in [3.8, 4) is 5.75 Å². The molecular weight excluding hydrogens is 234 g/mol. The van der Waals surface area contributed by atoms with Crippen LogP contribution in [0.5, 0.6) is 5.75 Å². The van der Waals surface area contributed by atoms with Gasteiger partial charge in [-0.1, -0.05) is 18.2 Å². The molecule has 0 bridgehead atoms. The summed E-state index contributed by atoms with van der Waals surface area (Å²) in [6.45, 7) is 1.83. The van der Waals surface area contributed by atoms with Gasteiger partial charge in [0.2, 0.25) is 5.91 Å². The molecule has 0 saturated carbocycles. The molecule has 0 aliphatic rings. The average molecular weight is 251 g/mol. The molecular formula is C13H17NO4. The fraction of sp³-hybridized carbons (Fsp3) is 0.385. The van der Waals surface area contributed by atoms with Crippen LogP contribution in [0.4, 0.5) is 0 Å². The quantitative estimate of drug-likeness (QED) is 0.807. The van der Waals surface area contributed by atoms with E-state index in [-0.39, 0.29) is 24.8 Å². The fourth-order valence-electron chi connectivity index (χ4n) is 1.64. The Morgan fingerprint density at radius 2 is 2.00 bits per heavy atom. The zero-order valence-electron chi connectivity index (χ0n) is 10.5. The Kier molecular flexibility index (Phi) is 5.17. The monoisotopic (exact) mass is 251 g/mol. The van der Waals surface area contributed by atoms with E-state index in [0.29, 0.717) is 5.75 Å². The third kappa shape index (κ3) is 4.08. The van der Waals surface area contributed by atoms with Crippen molar-refractivity contribution >= 4 is 11.9 Å². The highest BCUT2D eigenvalue weighted by atomic mass is 16.5. The lowest BCUT2D eigenvalue weighted by molar-refractivity contribution is -0.138. The lowest BCUT2D eigenvalue weighted by Gasteiger charge is -2.16. The Bertz CT molecular complexity index is 431. The number of hydrogen-bond donors (Lipinski definition) is 2. The second-order valence-electron chi connectivity index (χ2n) is 3.92. The third-order valence-corrected chi connectivity index (χ3v) is 2.55. The number of carbonyl (C=O) groups is 2. The molecule has 1 amide bonds. The highest BCUT2D eigenvalue weighted by molar-refractivity contribution is 5.80. The van der Waals surface area contributed by atoms with Crippen LogP contribution < -0.4 is 10.1 Å². The van der Waals surface area contributed by atoms with E-state index in [1.807, 2.05) is 31.2 Å². The molecule has 0 spiro atoms. The molecule has 1 unspecified atom stereocenters. The first-order valence-corrected chi connectivity index (χ1v) is 5.68. The van der Waals surface area contributed by atoms with Gasteiger partial charge >= 0.3 is 5.97 Å². The minimum Gasteiger partial charge on any atom is -0.496 e. The predicted octanol–water partition coefficient (Wildman–Crippen LogP) is 1.74. The Balaban J connectivity index is 2.61. The number of benzene rings is 1. The maximum absolute atomic E-state index is 11.5. The van der Waals surface area contributed by atoms with Crippen molar-refractivity contribution in [2.24, 2.45) is 0 Å². The molecule has 1 rings (SSSR count). The topological polar surface area (TPSA) is 75.6 Å². The minimum absolute atomic E-state index is 0.0190. The number of ether oxygens (including phenoxy) is 1. The van der Waals surface area contributed by atoms with Crippen molar-refractivity contribution < 1.29 is 19.4 Å². The van der Waals surface area contributed by atoms with Crippen LogP contribution in [0.2, 0.25) is 0 Å². The van der Waals surface area contributed by atoms with E-state index < -0.39 is 5.97 Å². The van der Waals surface area contributed by atoms with Gasteiger partial charge in [-0.05, 0) is 13.0 Å². The Hall–Kier alpha value is -2.04. The maximum atomic E-state index is 11.5. The number of amides is 1. The number of carboxylic acids is 1. The summed E-state index contributed by atoms with van der Waals surface area (Å²) in [5.41, 5.74) is 0.865. The predicted molar refractivity (Wildman–Crippen MR) is 66.4 cm³/mol. The third-order valence-electron chi connectivity index (χ3n) is 2.55. The van der Waals surface area contributed by atoms with E-state index in [2.05, 4.69) is 5.32 Å². The van der Waals surface area contributed by atoms with Gasteiger partial charge in [-0.3, -0.25) is 9.59 Å². The molecule has 1 atom stereocenters. The SMILES string of the molecule is COc1ccccc1C(C)NC(=O)CCC(=O)O. The Labute approximate surface area is 106 Å². The molecule has 0 radical (unpaired) electrons. The Morgan fingerprint density at radius 1 is 1.33 bits per heavy atom. The van der Waals surface area contributed by atoms with Gasteiger partial charge in [0, 0.05) is 12.0 Å². The largest absolute Gasteiger partial charge is 0.496 e. The van der Waals surface area contributed by atoms with Gasteiger partial charge in [-0.2, -0.15) is 0 Å². The highest BCUT2D eigenvalue weighted by Gasteiger charge is 2.14. The molecule has 5 nitrogen and oxygen atoms in total. The second-order valence-corrected chi connectivity index (χ2v) is 3.92. The summed E-state index contributed by atoms with van der Waals surface area (Å²) >= 11 is 0. The number of carbonyl (C=O) groups excluding carboxylic acids is 1. The van der Waals surface area contributed by atoms with E-state index in [1.165, 1.54) is 0 Å². The molecule has 1 aromatic rings. The zero-order chi connectivity index (χ0) is 13.5. The maximum Gasteiger partial charge on any atom is 0.303 e. The van der Waals surface area contributed by atoms with E-state index in [1.54, 1.807) is 7.11 Å². The first kappa shape index (κ1) is 14.0. The van der Waals surface area contributed by atoms with Gasteiger partial charge in [0.05, 0.1) is 19.6 Å². The molecule has 5 heteroatoms. The smallest absolute Gasteiger partial charge is 0.303 e. The number of hydrogen-bond acceptors (Lipinski definition) is 3. The summed E-state index contributed by atoms with van der Waals surface area (Å²) in [6.07, 6.45) is -0.181. The van der Waals surface area contributed by atoms with Gasteiger partial charge in [-0.15, -0.1) is 0 Å². The van der Waals surface area contributed by atoms with Crippen LogP contribution in [0.15, 0.2) is 24.3 Å². The van der Waals surface area contributed by atoms with Gasteiger partial charge in [0.25, 0.3) is 0 Å². The van der Waals surface area contributed by atoms with Crippen molar-refractivity contribution in [3.05, 3.63) is 29.8 Å². The number of methoxy groups -OCH3 is 1. The van der Waals surface area contributed by atoms with Crippen molar-refractivity contribution in [2.75, 3.05) is 7.11 Å².